The van der Waals surface area contributed by atoms with Crippen LogP contribution >= 0.6 is 11.3 Å². The number of hydrogen-bond donors (Lipinski definition) is 1. The van der Waals surface area contributed by atoms with Gasteiger partial charge in [-0.25, -0.2) is 15.0 Å². The summed E-state index contributed by atoms with van der Waals surface area (Å²) in [4.78, 5) is 14.1. The molecule has 0 aliphatic rings. The van der Waals surface area contributed by atoms with E-state index in [1.54, 1.807) is 18.4 Å². The van der Waals surface area contributed by atoms with E-state index in [1.165, 1.54) is 11.2 Å². The molecule has 6 heteroatoms. The van der Waals surface area contributed by atoms with Crippen LogP contribution in [0.2, 0.25) is 0 Å². The largest absolute Gasteiger partial charge is 0.481 e. The van der Waals surface area contributed by atoms with Crippen molar-refractivity contribution in [1.29, 1.82) is 0 Å². The van der Waals surface area contributed by atoms with Crippen molar-refractivity contribution in [3.8, 4) is 16.6 Å². The van der Waals surface area contributed by atoms with Gasteiger partial charge in [-0.2, -0.15) is 0 Å². The maximum Gasteiger partial charge on any atom is 0.216 e. The number of hydrogen-bond acceptors (Lipinski definition) is 6. The number of rotatable bonds is 6. The topological polar surface area (TPSA) is 59.9 Å². The molecular formula is C13H18N4OS. The SMILES string of the molecule is CCCNCc1sc(-c2cc(OC)ncn2)nc1C. The molecule has 0 aliphatic carbocycles. The molecule has 0 saturated heterocycles. The van der Waals surface area contributed by atoms with E-state index in [-0.39, 0.29) is 0 Å². The molecule has 2 aromatic rings. The van der Waals surface area contributed by atoms with E-state index in [2.05, 4.69) is 27.2 Å². The number of aryl methyl sites for hydroxylation is 1. The second-order valence-corrected chi connectivity index (χ2v) is 5.23. The van der Waals surface area contributed by atoms with Crippen LogP contribution < -0.4 is 10.1 Å². The minimum absolute atomic E-state index is 0.559. The van der Waals surface area contributed by atoms with Gasteiger partial charge in [0.05, 0.1) is 12.8 Å². The zero-order chi connectivity index (χ0) is 13.7. The summed E-state index contributed by atoms with van der Waals surface area (Å²) < 4.78 is 5.11. The van der Waals surface area contributed by atoms with Gasteiger partial charge in [0, 0.05) is 17.5 Å². The van der Waals surface area contributed by atoms with Crippen molar-refractivity contribution < 1.29 is 4.74 Å². The van der Waals surface area contributed by atoms with Crippen LogP contribution in [0.3, 0.4) is 0 Å². The number of methoxy groups -OCH3 is 1. The van der Waals surface area contributed by atoms with Crippen molar-refractivity contribution >= 4 is 11.3 Å². The van der Waals surface area contributed by atoms with Crippen molar-refractivity contribution in [2.45, 2.75) is 26.8 Å². The molecule has 0 aromatic carbocycles. The van der Waals surface area contributed by atoms with E-state index >= 15 is 0 Å². The van der Waals surface area contributed by atoms with E-state index in [0.29, 0.717) is 5.88 Å². The van der Waals surface area contributed by atoms with Crippen molar-refractivity contribution in [3.05, 3.63) is 23.0 Å². The monoisotopic (exact) mass is 278 g/mol. The second kappa shape index (κ2) is 6.58. The highest BCUT2D eigenvalue weighted by molar-refractivity contribution is 7.15. The Kier molecular flexibility index (Phi) is 4.81. The van der Waals surface area contributed by atoms with Gasteiger partial charge in [0.1, 0.15) is 17.0 Å². The fourth-order valence-electron chi connectivity index (χ4n) is 1.65. The van der Waals surface area contributed by atoms with Crippen LogP contribution in [-0.4, -0.2) is 28.6 Å². The molecule has 102 valence electrons. The van der Waals surface area contributed by atoms with Crippen LogP contribution in [0.15, 0.2) is 12.4 Å². The molecule has 19 heavy (non-hydrogen) atoms. The van der Waals surface area contributed by atoms with Crippen LogP contribution in [0, 0.1) is 6.92 Å². The molecule has 0 fully saturated rings. The van der Waals surface area contributed by atoms with Gasteiger partial charge in [0.25, 0.3) is 0 Å². The first-order valence-corrected chi connectivity index (χ1v) is 7.09. The summed E-state index contributed by atoms with van der Waals surface area (Å²) in [6, 6.07) is 1.81. The minimum Gasteiger partial charge on any atom is -0.481 e. The average Bonchev–Trinajstić information content (AvgIpc) is 2.81. The third-order valence-electron chi connectivity index (χ3n) is 2.68. The molecule has 0 aliphatic heterocycles. The Morgan fingerprint density at radius 1 is 1.37 bits per heavy atom. The molecule has 0 unspecified atom stereocenters. The summed E-state index contributed by atoms with van der Waals surface area (Å²) in [5.41, 5.74) is 1.86. The van der Waals surface area contributed by atoms with Crippen molar-refractivity contribution in [3.63, 3.8) is 0 Å². The lowest BCUT2D eigenvalue weighted by molar-refractivity contribution is 0.397. The first-order chi connectivity index (χ1) is 9.24. The summed E-state index contributed by atoms with van der Waals surface area (Å²) in [6.45, 7) is 6.07. The van der Waals surface area contributed by atoms with E-state index < -0.39 is 0 Å². The Labute approximate surface area is 117 Å². The van der Waals surface area contributed by atoms with E-state index in [9.17, 15) is 0 Å². The summed E-state index contributed by atoms with van der Waals surface area (Å²) in [7, 11) is 1.60. The average molecular weight is 278 g/mol. The van der Waals surface area contributed by atoms with Gasteiger partial charge in [0.2, 0.25) is 5.88 Å². The Morgan fingerprint density at radius 3 is 2.95 bits per heavy atom. The Balaban J connectivity index is 2.18. The highest BCUT2D eigenvalue weighted by Gasteiger charge is 2.11. The van der Waals surface area contributed by atoms with Crippen LogP contribution in [0.25, 0.3) is 10.7 Å². The van der Waals surface area contributed by atoms with Gasteiger partial charge in [-0.15, -0.1) is 11.3 Å². The fourth-order valence-corrected chi connectivity index (χ4v) is 2.65. The third kappa shape index (κ3) is 3.48. The smallest absolute Gasteiger partial charge is 0.216 e. The molecule has 0 spiro atoms. The van der Waals surface area contributed by atoms with E-state index in [1.807, 2.05) is 13.0 Å². The molecular weight excluding hydrogens is 260 g/mol. The Bertz CT molecular complexity index is 541. The summed E-state index contributed by atoms with van der Waals surface area (Å²) >= 11 is 1.66. The highest BCUT2D eigenvalue weighted by atomic mass is 32.1. The van der Waals surface area contributed by atoms with Crippen LogP contribution in [-0.2, 0) is 6.54 Å². The normalized spacial score (nSPS) is 10.7. The maximum atomic E-state index is 5.11. The van der Waals surface area contributed by atoms with Gasteiger partial charge in [-0.3, -0.25) is 0 Å². The molecule has 0 saturated carbocycles. The predicted octanol–water partition coefficient (Wildman–Crippen LogP) is 2.42. The Hall–Kier alpha value is -1.53. The quantitative estimate of drug-likeness (QED) is 0.822. The van der Waals surface area contributed by atoms with Gasteiger partial charge >= 0.3 is 0 Å². The molecule has 1 N–H and O–H groups in total. The van der Waals surface area contributed by atoms with Crippen molar-refractivity contribution in [1.82, 2.24) is 20.3 Å². The minimum atomic E-state index is 0.559. The predicted molar refractivity (Wildman–Crippen MR) is 76.4 cm³/mol. The zero-order valence-corrected chi connectivity index (χ0v) is 12.3. The second-order valence-electron chi connectivity index (χ2n) is 4.15. The van der Waals surface area contributed by atoms with E-state index in [4.69, 9.17) is 4.74 Å². The Morgan fingerprint density at radius 2 is 2.21 bits per heavy atom. The van der Waals surface area contributed by atoms with E-state index in [0.717, 1.165) is 35.9 Å². The molecule has 2 aromatic heterocycles. The van der Waals surface area contributed by atoms with Crippen LogP contribution in [0.4, 0.5) is 0 Å². The molecule has 0 amide bonds. The number of nitrogens with zero attached hydrogens (tertiary/aromatic N) is 3. The molecule has 0 atom stereocenters. The standard InChI is InChI=1S/C13H18N4OS/c1-4-5-14-7-11-9(2)17-13(19-11)10-6-12(18-3)16-8-15-10/h6,8,14H,4-5,7H2,1-3H3. The lowest BCUT2D eigenvalue weighted by Crippen LogP contribution is -2.13. The molecule has 2 heterocycles. The zero-order valence-electron chi connectivity index (χ0n) is 11.4. The third-order valence-corrected chi connectivity index (χ3v) is 3.86. The van der Waals surface area contributed by atoms with Gasteiger partial charge < -0.3 is 10.1 Å². The lowest BCUT2D eigenvalue weighted by Gasteiger charge is -2.00. The maximum absolute atomic E-state index is 5.11. The first kappa shape index (κ1) is 13.9. The molecule has 2 rings (SSSR count). The van der Waals surface area contributed by atoms with Crippen molar-refractivity contribution in [2.75, 3.05) is 13.7 Å². The molecule has 0 bridgehead atoms. The summed E-state index contributed by atoms with van der Waals surface area (Å²) in [5, 5.41) is 4.30. The molecule has 5 nitrogen and oxygen atoms in total. The fraction of sp³-hybridized carbons (Fsp3) is 0.462. The molecule has 0 radical (unpaired) electrons. The van der Waals surface area contributed by atoms with Gasteiger partial charge in [-0.05, 0) is 19.9 Å². The summed E-state index contributed by atoms with van der Waals surface area (Å²) in [6.07, 6.45) is 2.63. The van der Waals surface area contributed by atoms with Crippen LogP contribution in [0.5, 0.6) is 5.88 Å². The number of nitrogens with one attached hydrogen (secondary N) is 1. The highest BCUT2D eigenvalue weighted by Crippen LogP contribution is 2.27. The summed E-state index contributed by atoms with van der Waals surface area (Å²) in [5.74, 6) is 0.559. The first-order valence-electron chi connectivity index (χ1n) is 6.28. The number of aromatic nitrogens is 3. The van der Waals surface area contributed by atoms with Gasteiger partial charge in [-0.1, -0.05) is 6.92 Å². The van der Waals surface area contributed by atoms with Gasteiger partial charge in [0.15, 0.2) is 0 Å². The van der Waals surface area contributed by atoms with Crippen molar-refractivity contribution in [2.24, 2.45) is 0 Å². The van der Waals surface area contributed by atoms with Crippen LogP contribution in [0.1, 0.15) is 23.9 Å². The number of ether oxygens (including phenoxy) is 1. The lowest BCUT2D eigenvalue weighted by atomic mass is 10.3. The number of thiazole rings is 1.